The van der Waals surface area contributed by atoms with E-state index < -0.39 is 18.2 Å². The van der Waals surface area contributed by atoms with Crippen molar-refractivity contribution in [2.75, 3.05) is 0 Å². The molecule has 2 N–H and O–H groups in total. The smallest absolute Gasteiger partial charge is 0.378 e. The highest BCUT2D eigenvalue weighted by atomic mass is 16.6. The number of nitrogens with zero attached hydrogens (tertiary/aromatic N) is 3. The van der Waals surface area contributed by atoms with Gasteiger partial charge in [0.1, 0.15) is 30.8 Å². The Morgan fingerprint density at radius 2 is 1.59 bits per heavy atom. The van der Waals surface area contributed by atoms with Crippen molar-refractivity contribution in [3.63, 3.8) is 0 Å². The molecule has 0 unspecified atom stereocenters. The summed E-state index contributed by atoms with van der Waals surface area (Å²) in [7, 11) is 0. The fraction of sp³-hybridized carbons (Fsp3) is 0.179. The third-order valence-corrected chi connectivity index (χ3v) is 5.77. The first-order valence-corrected chi connectivity index (χ1v) is 11.7. The van der Waals surface area contributed by atoms with Gasteiger partial charge in [0.2, 0.25) is 5.76 Å². The number of aliphatic hydroxyl groups is 1. The number of hydrogen-bond acceptors (Lipinski definition) is 8. The number of phenols is 1. The van der Waals surface area contributed by atoms with E-state index in [4.69, 9.17) is 14.2 Å². The van der Waals surface area contributed by atoms with Gasteiger partial charge in [-0.1, -0.05) is 78.0 Å². The molecule has 0 aliphatic carbocycles. The summed E-state index contributed by atoms with van der Waals surface area (Å²) < 4.78 is 18.7. The summed E-state index contributed by atoms with van der Waals surface area (Å²) in [5.41, 5.74) is 2.96. The molecule has 0 saturated heterocycles. The van der Waals surface area contributed by atoms with Gasteiger partial charge in [-0.25, -0.2) is 9.48 Å². The lowest BCUT2D eigenvalue weighted by Gasteiger charge is -2.20. The molecule has 0 saturated carbocycles. The van der Waals surface area contributed by atoms with E-state index >= 15 is 0 Å². The van der Waals surface area contributed by atoms with Gasteiger partial charge < -0.3 is 24.4 Å². The van der Waals surface area contributed by atoms with E-state index in [1.165, 1.54) is 4.68 Å². The van der Waals surface area contributed by atoms with Gasteiger partial charge in [-0.15, -0.1) is 5.10 Å². The second-order valence-corrected chi connectivity index (χ2v) is 8.51. The molecule has 188 valence electrons. The number of ether oxygens (including phenoxy) is 3. The number of aromatic hydroxyl groups is 1. The van der Waals surface area contributed by atoms with Crippen LogP contribution in [0.1, 0.15) is 11.1 Å². The minimum atomic E-state index is -1.19. The zero-order valence-corrected chi connectivity index (χ0v) is 19.8. The molecule has 9 heteroatoms. The Morgan fingerprint density at radius 3 is 2.27 bits per heavy atom. The Bertz CT molecular complexity index is 1390. The normalized spacial score (nSPS) is 15.9. The number of aromatic nitrogens is 3. The summed E-state index contributed by atoms with van der Waals surface area (Å²) in [6.45, 7) is 0.287. The summed E-state index contributed by atoms with van der Waals surface area (Å²) in [5.74, 6) is -0.533. The maximum Gasteiger partial charge on any atom is 0.378 e. The third kappa shape index (κ3) is 5.79. The summed E-state index contributed by atoms with van der Waals surface area (Å²) in [5, 5.41) is 28.9. The van der Waals surface area contributed by atoms with E-state index in [2.05, 4.69) is 10.3 Å². The Kier molecular flexibility index (Phi) is 7.14. The van der Waals surface area contributed by atoms with Gasteiger partial charge in [0.05, 0.1) is 12.7 Å². The average Bonchev–Trinajstić information content (AvgIpc) is 3.51. The van der Waals surface area contributed by atoms with Crippen LogP contribution < -0.4 is 0 Å². The van der Waals surface area contributed by atoms with Crippen molar-refractivity contribution < 1.29 is 29.2 Å². The molecule has 0 amide bonds. The number of cyclic esters (lactones) is 1. The predicted octanol–water partition coefficient (Wildman–Crippen LogP) is 3.58. The zero-order chi connectivity index (χ0) is 25.6. The fourth-order valence-electron chi connectivity index (χ4n) is 3.92. The molecule has 37 heavy (non-hydrogen) atoms. The van der Waals surface area contributed by atoms with Crippen molar-refractivity contribution in [1.82, 2.24) is 15.0 Å². The molecule has 1 aliphatic rings. The number of phenolic OH excluding ortho intramolecular Hbond substituents is 1. The lowest BCUT2D eigenvalue weighted by Crippen LogP contribution is -2.33. The van der Waals surface area contributed by atoms with Crippen molar-refractivity contribution in [3.8, 4) is 17.0 Å². The number of carbonyl (C=O) groups excluding carboxylic acids is 1. The summed E-state index contributed by atoms with van der Waals surface area (Å²) in [6, 6.07) is 25.5. The molecule has 1 aliphatic heterocycles. The summed E-state index contributed by atoms with van der Waals surface area (Å²) in [4.78, 5) is 12.8. The SMILES string of the molecule is O=C1O[C@H]([C@@H](O)Cn2cc(-c3cccc(O)c3)nn2)C(OCc2ccccc2)=C1OCc1ccccc1. The summed E-state index contributed by atoms with van der Waals surface area (Å²) in [6.07, 6.45) is -0.642. The van der Waals surface area contributed by atoms with Crippen molar-refractivity contribution >= 4 is 5.97 Å². The highest BCUT2D eigenvalue weighted by Gasteiger charge is 2.42. The number of benzene rings is 3. The molecule has 1 aromatic heterocycles. The lowest BCUT2D eigenvalue weighted by molar-refractivity contribution is -0.148. The van der Waals surface area contributed by atoms with E-state index in [0.29, 0.717) is 11.3 Å². The predicted molar refractivity (Wildman–Crippen MR) is 132 cm³/mol. The molecular weight excluding hydrogens is 474 g/mol. The molecule has 0 fully saturated rings. The Labute approximate surface area is 213 Å². The van der Waals surface area contributed by atoms with Gasteiger partial charge >= 0.3 is 5.97 Å². The number of esters is 1. The molecular formula is C28H25N3O6. The van der Waals surface area contributed by atoms with Crippen LogP contribution in [0.15, 0.2) is 103 Å². The first-order valence-electron chi connectivity index (χ1n) is 11.7. The first-order chi connectivity index (χ1) is 18.1. The van der Waals surface area contributed by atoms with Crippen LogP contribution in [0.5, 0.6) is 5.75 Å². The molecule has 3 aromatic carbocycles. The van der Waals surface area contributed by atoms with Crippen LogP contribution in [-0.4, -0.2) is 43.4 Å². The number of hydrogen-bond donors (Lipinski definition) is 2. The maximum absolute atomic E-state index is 12.8. The molecule has 5 rings (SSSR count). The number of aliphatic hydroxyl groups excluding tert-OH is 1. The van der Waals surface area contributed by atoms with Crippen LogP contribution in [0.25, 0.3) is 11.3 Å². The molecule has 2 heterocycles. The second kappa shape index (κ2) is 11.0. The minimum Gasteiger partial charge on any atom is -0.508 e. The molecule has 9 nitrogen and oxygen atoms in total. The van der Waals surface area contributed by atoms with Crippen molar-refractivity contribution in [1.29, 1.82) is 0 Å². The van der Waals surface area contributed by atoms with Crippen LogP contribution in [0, 0.1) is 0 Å². The van der Waals surface area contributed by atoms with E-state index in [9.17, 15) is 15.0 Å². The van der Waals surface area contributed by atoms with Crippen LogP contribution >= 0.6 is 0 Å². The van der Waals surface area contributed by atoms with Crippen molar-refractivity contribution in [3.05, 3.63) is 114 Å². The highest BCUT2D eigenvalue weighted by molar-refractivity contribution is 5.89. The molecule has 0 bridgehead atoms. The quantitative estimate of drug-likeness (QED) is 0.318. The monoisotopic (exact) mass is 499 g/mol. The van der Waals surface area contributed by atoms with Crippen molar-refractivity contribution in [2.45, 2.75) is 32.0 Å². The molecule has 0 spiro atoms. The van der Waals surface area contributed by atoms with E-state index in [0.717, 1.165) is 11.1 Å². The van der Waals surface area contributed by atoms with Crippen LogP contribution in [-0.2, 0) is 38.8 Å². The van der Waals surface area contributed by atoms with Crippen molar-refractivity contribution in [2.24, 2.45) is 0 Å². The lowest BCUT2D eigenvalue weighted by atomic mass is 10.1. The molecule has 2 atom stereocenters. The Balaban J connectivity index is 1.35. The first kappa shape index (κ1) is 24.1. The fourth-order valence-corrected chi connectivity index (χ4v) is 3.92. The van der Waals surface area contributed by atoms with Crippen LogP contribution in [0.4, 0.5) is 0 Å². The Hall–Kier alpha value is -4.63. The van der Waals surface area contributed by atoms with E-state index in [-0.39, 0.29) is 37.0 Å². The summed E-state index contributed by atoms with van der Waals surface area (Å²) >= 11 is 0. The van der Waals surface area contributed by atoms with Gasteiger partial charge in [0, 0.05) is 5.56 Å². The largest absolute Gasteiger partial charge is 0.508 e. The van der Waals surface area contributed by atoms with Crippen LogP contribution in [0.3, 0.4) is 0 Å². The van der Waals surface area contributed by atoms with Gasteiger partial charge in [-0.2, -0.15) is 0 Å². The Morgan fingerprint density at radius 1 is 0.919 bits per heavy atom. The van der Waals surface area contributed by atoms with Gasteiger partial charge in [0.25, 0.3) is 0 Å². The maximum atomic E-state index is 12.8. The minimum absolute atomic E-state index is 0.0199. The molecule has 0 radical (unpaired) electrons. The number of rotatable bonds is 10. The third-order valence-electron chi connectivity index (χ3n) is 5.77. The average molecular weight is 500 g/mol. The zero-order valence-electron chi connectivity index (χ0n) is 19.8. The molecule has 4 aromatic rings. The van der Waals surface area contributed by atoms with E-state index in [1.54, 1.807) is 30.5 Å². The standard InChI is InChI=1S/C28H25N3O6/c32-22-13-7-12-21(14-22)23-15-31(30-29-23)16-24(33)25-26(35-17-19-8-3-1-4-9-19)27(28(34)37-25)36-18-20-10-5-2-6-11-20/h1-15,24-25,32-33H,16-18H2/t24-,25+/m0/s1. The van der Waals surface area contributed by atoms with Gasteiger partial charge in [-0.05, 0) is 23.3 Å². The van der Waals surface area contributed by atoms with Crippen LogP contribution in [0.2, 0.25) is 0 Å². The van der Waals surface area contributed by atoms with Gasteiger partial charge in [-0.3, -0.25) is 0 Å². The second-order valence-electron chi connectivity index (χ2n) is 8.51. The van der Waals surface area contributed by atoms with E-state index in [1.807, 2.05) is 60.7 Å². The topological polar surface area (TPSA) is 116 Å². The number of carbonyl (C=O) groups is 1. The van der Waals surface area contributed by atoms with Gasteiger partial charge in [0.15, 0.2) is 11.9 Å². The highest BCUT2D eigenvalue weighted by Crippen LogP contribution is 2.30.